The van der Waals surface area contributed by atoms with Gasteiger partial charge in [0.25, 0.3) is 0 Å². The highest BCUT2D eigenvalue weighted by atomic mass is 32.2. The normalized spacial score (nSPS) is 22.9. The Kier molecular flexibility index (Phi) is 6.29. The molecule has 37 heavy (non-hydrogen) atoms. The van der Waals surface area contributed by atoms with E-state index in [1.807, 2.05) is 0 Å². The number of rotatable bonds is 6. The Hall–Kier alpha value is -3.34. The summed E-state index contributed by atoms with van der Waals surface area (Å²) >= 11 is 0. The van der Waals surface area contributed by atoms with Crippen molar-refractivity contribution in [2.75, 3.05) is 0 Å². The molecular weight excluding hydrogens is 515 g/mol. The lowest BCUT2D eigenvalue weighted by atomic mass is 9.82. The van der Waals surface area contributed by atoms with Gasteiger partial charge in [-0.1, -0.05) is 6.07 Å². The van der Waals surface area contributed by atoms with Crippen LogP contribution in [0.1, 0.15) is 24.1 Å². The van der Waals surface area contributed by atoms with Crippen LogP contribution in [0.25, 0.3) is 11.1 Å². The van der Waals surface area contributed by atoms with E-state index in [1.54, 1.807) is 0 Å². The molecule has 0 aliphatic heterocycles. The van der Waals surface area contributed by atoms with E-state index >= 15 is 0 Å². The molecule has 1 unspecified atom stereocenters. The summed E-state index contributed by atoms with van der Waals surface area (Å²) in [7, 11) is -3.88. The third-order valence-corrected chi connectivity index (χ3v) is 9.48. The molecule has 3 aliphatic carbocycles. The fourth-order valence-corrected chi connectivity index (χ4v) is 7.67. The fourth-order valence-electron chi connectivity index (χ4n) is 5.38. The summed E-state index contributed by atoms with van der Waals surface area (Å²) in [6, 6.07) is 10.4. The van der Waals surface area contributed by atoms with Crippen molar-refractivity contribution in [2.45, 2.75) is 35.7 Å². The second-order valence-corrected chi connectivity index (χ2v) is 11.6. The molecule has 1 amide bonds. The molecule has 2 aromatic carbocycles. The number of carbonyl (C=O) groups is 1. The van der Waals surface area contributed by atoms with Crippen molar-refractivity contribution < 1.29 is 35.2 Å². The summed E-state index contributed by atoms with van der Waals surface area (Å²) in [5.41, 5.74) is -0.167. The van der Waals surface area contributed by atoms with Gasteiger partial charge in [0, 0.05) is 18.3 Å². The highest BCUT2D eigenvalue weighted by Gasteiger charge is 2.60. The van der Waals surface area contributed by atoms with E-state index in [1.165, 1.54) is 30.3 Å². The summed E-state index contributed by atoms with van der Waals surface area (Å²) in [5.74, 6) is -2.72. The second kappa shape index (κ2) is 9.20. The number of carbonyl (C=O) groups excluding carboxylic acids is 1. The molecule has 3 fully saturated rings. The Morgan fingerprint density at radius 3 is 2.24 bits per heavy atom. The quantitative estimate of drug-likeness (QED) is 0.349. The SMILES string of the molecule is O=C(NCc1cc(F)cc(-c2ccc(C(F)(F)F)nc2)c1)[C@@H]1C2CC(C2)C1S(=O)(=O)c1ccc(F)cc1. The molecule has 0 saturated heterocycles. The van der Waals surface area contributed by atoms with Gasteiger partial charge in [-0.2, -0.15) is 13.2 Å². The summed E-state index contributed by atoms with van der Waals surface area (Å²) in [6.45, 7) is -0.102. The number of aromatic nitrogens is 1. The molecule has 5 nitrogen and oxygen atoms in total. The Morgan fingerprint density at radius 1 is 0.919 bits per heavy atom. The molecule has 2 bridgehead atoms. The zero-order valence-electron chi connectivity index (χ0n) is 19.2. The molecule has 3 saturated carbocycles. The van der Waals surface area contributed by atoms with Crippen LogP contribution in [0.2, 0.25) is 0 Å². The van der Waals surface area contributed by atoms with Crippen molar-refractivity contribution in [2.24, 2.45) is 17.8 Å². The number of hydrogen-bond acceptors (Lipinski definition) is 4. The van der Waals surface area contributed by atoms with Crippen LogP contribution in [-0.2, 0) is 27.4 Å². The predicted molar refractivity (Wildman–Crippen MR) is 124 cm³/mol. The van der Waals surface area contributed by atoms with Crippen molar-refractivity contribution in [1.82, 2.24) is 10.3 Å². The first-order valence-corrected chi connectivity index (χ1v) is 13.1. The molecule has 2 atom stereocenters. The lowest BCUT2D eigenvalue weighted by molar-refractivity contribution is -0.141. The molecule has 0 radical (unpaired) electrons. The first kappa shape index (κ1) is 25.3. The summed E-state index contributed by atoms with van der Waals surface area (Å²) < 4.78 is 92.5. The van der Waals surface area contributed by atoms with Gasteiger partial charge in [-0.15, -0.1) is 0 Å². The molecule has 1 aromatic heterocycles. The van der Waals surface area contributed by atoms with Crippen LogP contribution in [0.3, 0.4) is 0 Å². The average Bonchev–Trinajstić information content (AvgIpc) is 3.40. The maximum Gasteiger partial charge on any atom is 0.433 e. The van der Waals surface area contributed by atoms with E-state index < -0.39 is 50.4 Å². The minimum absolute atomic E-state index is 0.0378. The molecular formula is C26H21F5N2O3S. The zero-order valence-corrected chi connectivity index (χ0v) is 20.0. The van der Waals surface area contributed by atoms with E-state index in [-0.39, 0.29) is 34.4 Å². The van der Waals surface area contributed by atoms with Gasteiger partial charge in [-0.3, -0.25) is 9.78 Å². The maximum atomic E-state index is 14.3. The van der Waals surface area contributed by atoms with Crippen molar-refractivity contribution >= 4 is 15.7 Å². The van der Waals surface area contributed by atoms with Gasteiger partial charge in [0.1, 0.15) is 17.3 Å². The van der Waals surface area contributed by atoms with Gasteiger partial charge < -0.3 is 5.32 Å². The van der Waals surface area contributed by atoms with Crippen LogP contribution in [-0.4, -0.2) is 24.6 Å². The number of nitrogens with one attached hydrogen (secondary N) is 1. The average molecular weight is 537 g/mol. The Labute approximate surface area is 209 Å². The zero-order chi connectivity index (χ0) is 26.5. The third-order valence-electron chi connectivity index (χ3n) is 7.15. The smallest absolute Gasteiger partial charge is 0.352 e. The molecule has 1 N–H and O–H groups in total. The number of benzene rings is 2. The third kappa shape index (κ3) is 4.84. The van der Waals surface area contributed by atoms with Gasteiger partial charge in [0.15, 0.2) is 9.84 Å². The molecule has 0 spiro atoms. The van der Waals surface area contributed by atoms with Crippen LogP contribution in [0.5, 0.6) is 0 Å². The number of hydrogen-bond donors (Lipinski definition) is 1. The first-order valence-electron chi connectivity index (χ1n) is 11.5. The second-order valence-electron chi connectivity index (χ2n) is 9.48. The van der Waals surface area contributed by atoms with Crippen LogP contribution >= 0.6 is 0 Å². The molecule has 194 valence electrons. The molecule has 6 rings (SSSR count). The number of alkyl halides is 3. The molecule has 3 aliphatic rings. The minimum Gasteiger partial charge on any atom is -0.352 e. The van der Waals surface area contributed by atoms with Gasteiger partial charge in [0.2, 0.25) is 5.91 Å². The van der Waals surface area contributed by atoms with Gasteiger partial charge in [-0.05, 0) is 84.3 Å². The molecule has 1 heterocycles. The lowest BCUT2D eigenvalue weighted by Crippen LogP contribution is -2.39. The highest BCUT2D eigenvalue weighted by Crippen LogP contribution is 2.56. The Balaban J connectivity index is 1.32. The monoisotopic (exact) mass is 536 g/mol. The first-order chi connectivity index (χ1) is 17.4. The van der Waals surface area contributed by atoms with E-state index in [4.69, 9.17) is 0 Å². The van der Waals surface area contributed by atoms with Crippen LogP contribution in [0.15, 0.2) is 65.7 Å². The van der Waals surface area contributed by atoms with E-state index in [9.17, 15) is 35.2 Å². The predicted octanol–water partition coefficient (Wildman–Crippen LogP) is 5.16. The minimum atomic E-state index is -4.60. The largest absolute Gasteiger partial charge is 0.433 e. The van der Waals surface area contributed by atoms with E-state index in [0.717, 1.165) is 30.5 Å². The molecule has 11 heteroatoms. The number of amides is 1. The van der Waals surface area contributed by atoms with Gasteiger partial charge in [0.05, 0.1) is 16.1 Å². The van der Waals surface area contributed by atoms with Crippen molar-refractivity contribution in [3.05, 3.63) is 83.7 Å². The maximum absolute atomic E-state index is 14.3. The topological polar surface area (TPSA) is 76.1 Å². The number of pyridine rings is 1. The highest BCUT2D eigenvalue weighted by molar-refractivity contribution is 7.92. The van der Waals surface area contributed by atoms with E-state index in [2.05, 4.69) is 10.3 Å². The lowest BCUT2D eigenvalue weighted by Gasteiger charge is -2.24. The van der Waals surface area contributed by atoms with Crippen LogP contribution < -0.4 is 5.32 Å². The van der Waals surface area contributed by atoms with Gasteiger partial charge >= 0.3 is 6.18 Å². The van der Waals surface area contributed by atoms with Crippen LogP contribution in [0.4, 0.5) is 22.0 Å². The summed E-state index contributed by atoms with van der Waals surface area (Å²) in [6.07, 6.45) is -2.39. The summed E-state index contributed by atoms with van der Waals surface area (Å²) in [4.78, 5) is 16.5. The van der Waals surface area contributed by atoms with Gasteiger partial charge in [-0.25, -0.2) is 17.2 Å². The van der Waals surface area contributed by atoms with Crippen LogP contribution in [0, 0.1) is 29.4 Å². The van der Waals surface area contributed by atoms with Crippen molar-refractivity contribution in [1.29, 1.82) is 0 Å². The van der Waals surface area contributed by atoms with E-state index in [0.29, 0.717) is 18.4 Å². The fraction of sp³-hybridized carbons (Fsp3) is 0.308. The molecule has 3 aromatic rings. The number of halogens is 5. The Bertz CT molecular complexity index is 1430. The number of fused-ring (bicyclic) bond motifs is 1. The van der Waals surface area contributed by atoms with Crippen molar-refractivity contribution in [3.8, 4) is 11.1 Å². The number of nitrogens with zero attached hydrogens (tertiary/aromatic N) is 1. The number of sulfone groups is 1. The van der Waals surface area contributed by atoms with Crippen molar-refractivity contribution in [3.63, 3.8) is 0 Å². The standard InChI is InChI=1S/C26H21F5N2O3S/c27-19-2-4-21(5-3-19)37(35,36)24-18-9-17(10-18)23(24)25(34)33-12-14-7-16(11-20(28)8-14)15-1-6-22(32-13-15)26(29,30)31/h1-8,11,13,17-18,23-24H,9-10,12H2,(H,33,34)/t17?,18?,23-,24?/m1/s1. The summed E-state index contributed by atoms with van der Waals surface area (Å²) in [5, 5.41) is 1.77. The Morgan fingerprint density at radius 2 is 1.62 bits per heavy atom.